The van der Waals surface area contributed by atoms with Crippen molar-refractivity contribution < 1.29 is 23.3 Å². The number of hydrogen-bond donors (Lipinski definition) is 1. The summed E-state index contributed by atoms with van der Waals surface area (Å²) in [7, 11) is 0. The monoisotopic (exact) mass is 328 g/mol. The Balaban J connectivity index is 1.49. The zero-order valence-corrected chi connectivity index (χ0v) is 13.0. The zero-order valence-electron chi connectivity index (χ0n) is 13.0. The van der Waals surface area contributed by atoms with Crippen LogP contribution in [0.4, 0.5) is 0 Å². The average Bonchev–Trinajstić information content (AvgIpc) is 3.23. The molecule has 1 atom stereocenters. The van der Waals surface area contributed by atoms with E-state index >= 15 is 0 Å². The van der Waals surface area contributed by atoms with E-state index in [1.807, 2.05) is 18.2 Å². The second kappa shape index (κ2) is 6.99. The summed E-state index contributed by atoms with van der Waals surface area (Å²) in [6.07, 6.45) is 1.47. The molecule has 124 valence electrons. The van der Waals surface area contributed by atoms with Crippen LogP contribution < -0.4 is 5.32 Å². The summed E-state index contributed by atoms with van der Waals surface area (Å²) in [4.78, 5) is 23.7. The van der Waals surface area contributed by atoms with Crippen LogP contribution in [0, 0.1) is 0 Å². The van der Waals surface area contributed by atoms with Gasteiger partial charge in [0.1, 0.15) is 11.5 Å². The second-order valence-corrected chi connectivity index (χ2v) is 5.27. The van der Waals surface area contributed by atoms with Crippen molar-refractivity contribution in [3.63, 3.8) is 0 Å². The number of para-hydroxylation sites is 1. The normalized spacial score (nSPS) is 12.0. The van der Waals surface area contributed by atoms with Crippen LogP contribution in [0.3, 0.4) is 0 Å². The Hall–Kier alpha value is -3.09. The molecule has 7 nitrogen and oxygen atoms in total. The van der Waals surface area contributed by atoms with Gasteiger partial charge in [-0.05, 0) is 31.2 Å². The molecule has 0 aliphatic carbocycles. The summed E-state index contributed by atoms with van der Waals surface area (Å²) in [5.41, 5.74) is 1.09. The van der Waals surface area contributed by atoms with Crippen molar-refractivity contribution in [1.82, 2.24) is 10.5 Å². The van der Waals surface area contributed by atoms with E-state index < -0.39 is 11.9 Å². The van der Waals surface area contributed by atoms with Gasteiger partial charge in [-0.2, -0.15) is 0 Å². The molecule has 0 spiro atoms. The number of furan rings is 1. The third-order valence-corrected chi connectivity index (χ3v) is 3.48. The van der Waals surface area contributed by atoms with Crippen molar-refractivity contribution in [2.75, 3.05) is 6.61 Å². The molecule has 24 heavy (non-hydrogen) atoms. The SMILES string of the molecule is C[C@@H](NC(=O)COC(=O)Cc1noc2ccccc12)c1ccco1. The fraction of sp³-hybridized carbons (Fsp3) is 0.235. The van der Waals surface area contributed by atoms with Gasteiger partial charge in [0.25, 0.3) is 5.91 Å². The number of carbonyl (C=O) groups excluding carboxylic acids is 2. The molecule has 0 fully saturated rings. The predicted molar refractivity (Wildman–Crippen MR) is 83.9 cm³/mol. The van der Waals surface area contributed by atoms with Gasteiger partial charge in [-0.3, -0.25) is 9.59 Å². The van der Waals surface area contributed by atoms with Crippen molar-refractivity contribution in [2.45, 2.75) is 19.4 Å². The van der Waals surface area contributed by atoms with E-state index in [2.05, 4.69) is 10.5 Å². The molecule has 0 saturated heterocycles. The highest BCUT2D eigenvalue weighted by Crippen LogP contribution is 2.18. The molecule has 1 N–H and O–H groups in total. The molecule has 2 heterocycles. The minimum absolute atomic E-state index is 0.0575. The molecular formula is C17H16N2O5. The van der Waals surface area contributed by atoms with Gasteiger partial charge >= 0.3 is 5.97 Å². The lowest BCUT2D eigenvalue weighted by molar-refractivity contribution is -0.148. The number of rotatable bonds is 6. The topological polar surface area (TPSA) is 94.6 Å². The fourth-order valence-corrected chi connectivity index (χ4v) is 2.29. The van der Waals surface area contributed by atoms with Crippen molar-refractivity contribution in [2.24, 2.45) is 0 Å². The molecule has 3 rings (SSSR count). The van der Waals surface area contributed by atoms with Crippen LogP contribution in [0.25, 0.3) is 11.0 Å². The Morgan fingerprint density at radius 3 is 2.88 bits per heavy atom. The number of ether oxygens (including phenoxy) is 1. The Morgan fingerprint density at radius 2 is 2.08 bits per heavy atom. The standard InChI is InChI=1S/C17H16N2O5/c1-11(14-7-4-8-22-14)18-16(20)10-23-17(21)9-13-12-5-2-3-6-15(12)24-19-13/h2-8,11H,9-10H2,1H3,(H,18,20)/t11-/m1/s1. The molecule has 2 aromatic heterocycles. The van der Waals surface area contributed by atoms with E-state index in [1.165, 1.54) is 6.26 Å². The molecule has 1 aromatic carbocycles. The molecule has 0 unspecified atom stereocenters. The predicted octanol–water partition coefficient (Wildman–Crippen LogP) is 2.38. The minimum Gasteiger partial charge on any atom is -0.467 e. The first-order valence-electron chi connectivity index (χ1n) is 7.45. The third kappa shape index (κ3) is 3.62. The molecule has 7 heteroatoms. The second-order valence-electron chi connectivity index (χ2n) is 5.27. The van der Waals surface area contributed by atoms with Crippen molar-refractivity contribution in [3.05, 3.63) is 54.1 Å². The van der Waals surface area contributed by atoms with Gasteiger partial charge in [-0.15, -0.1) is 0 Å². The molecule has 1 amide bonds. The quantitative estimate of drug-likeness (QED) is 0.698. The summed E-state index contributed by atoms with van der Waals surface area (Å²) in [5.74, 6) is -0.323. The summed E-state index contributed by atoms with van der Waals surface area (Å²) >= 11 is 0. The van der Waals surface area contributed by atoms with E-state index in [0.29, 0.717) is 17.0 Å². The zero-order chi connectivity index (χ0) is 16.9. The smallest absolute Gasteiger partial charge is 0.312 e. The number of benzene rings is 1. The fourth-order valence-electron chi connectivity index (χ4n) is 2.29. The van der Waals surface area contributed by atoms with Gasteiger partial charge in [0.15, 0.2) is 12.2 Å². The van der Waals surface area contributed by atoms with Crippen molar-refractivity contribution in [1.29, 1.82) is 0 Å². The summed E-state index contributed by atoms with van der Waals surface area (Å²) in [6.45, 7) is 1.42. The van der Waals surface area contributed by atoms with Crippen LogP contribution >= 0.6 is 0 Å². The average molecular weight is 328 g/mol. The third-order valence-electron chi connectivity index (χ3n) is 3.48. The van der Waals surface area contributed by atoms with Crippen LogP contribution in [0.15, 0.2) is 51.6 Å². The van der Waals surface area contributed by atoms with Gasteiger partial charge in [-0.25, -0.2) is 0 Å². The van der Waals surface area contributed by atoms with E-state index in [-0.39, 0.29) is 19.1 Å². The van der Waals surface area contributed by atoms with Crippen LogP contribution in [0.5, 0.6) is 0 Å². The minimum atomic E-state index is -0.546. The van der Waals surface area contributed by atoms with Gasteiger partial charge < -0.3 is 19.0 Å². The summed E-state index contributed by atoms with van der Waals surface area (Å²) in [5, 5.41) is 7.29. The molecule has 0 saturated carbocycles. The van der Waals surface area contributed by atoms with Crippen LogP contribution in [-0.2, 0) is 20.7 Å². The van der Waals surface area contributed by atoms with Gasteiger partial charge in [0.2, 0.25) is 0 Å². The molecular weight excluding hydrogens is 312 g/mol. The van der Waals surface area contributed by atoms with Crippen LogP contribution in [0.1, 0.15) is 24.4 Å². The first-order chi connectivity index (χ1) is 11.6. The maximum atomic E-state index is 11.9. The Bertz CT molecular complexity index is 838. The molecule has 0 aliphatic heterocycles. The van der Waals surface area contributed by atoms with E-state index in [9.17, 15) is 9.59 Å². The molecule has 3 aromatic rings. The molecule has 0 aliphatic rings. The number of esters is 1. The summed E-state index contributed by atoms with van der Waals surface area (Å²) < 4.78 is 15.3. The van der Waals surface area contributed by atoms with Crippen molar-refractivity contribution >= 4 is 22.8 Å². The number of nitrogens with zero attached hydrogens (tertiary/aromatic N) is 1. The van der Waals surface area contributed by atoms with Crippen LogP contribution in [0.2, 0.25) is 0 Å². The number of aromatic nitrogens is 1. The van der Waals surface area contributed by atoms with Crippen molar-refractivity contribution in [3.8, 4) is 0 Å². The maximum absolute atomic E-state index is 11.9. The van der Waals surface area contributed by atoms with E-state index in [1.54, 1.807) is 25.1 Å². The maximum Gasteiger partial charge on any atom is 0.312 e. The van der Waals surface area contributed by atoms with Gasteiger partial charge in [0.05, 0.1) is 18.7 Å². The lowest BCUT2D eigenvalue weighted by Gasteiger charge is -2.11. The number of carbonyl (C=O) groups is 2. The lowest BCUT2D eigenvalue weighted by atomic mass is 10.2. The number of amides is 1. The highest BCUT2D eigenvalue weighted by atomic mass is 16.5. The largest absolute Gasteiger partial charge is 0.467 e. The first kappa shape index (κ1) is 15.8. The highest BCUT2D eigenvalue weighted by Gasteiger charge is 2.16. The lowest BCUT2D eigenvalue weighted by Crippen LogP contribution is -2.31. The Labute approximate surface area is 137 Å². The first-order valence-corrected chi connectivity index (χ1v) is 7.45. The number of hydrogen-bond acceptors (Lipinski definition) is 6. The Morgan fingerprint density at radius 1 is 1.25 bits per heavy atom. The van der Waals surface area contributed by atoms with Crippen LogP contribution in [-0.4, -0.2) is 23.6 Å². The number of fused-ring (bicyclic) bond motifs is 1. The summed E-state index contributed by atoms with van der Waals surface area (Å²) in [6, 6.07) is 10.4. The van der Waals surface area contributed by atoms with E-state index in [0.717, 1.165) is 5.39 Å². The Kier molecular flexibility index (Phi) is 4.60. The van der Waals surface area contributed by atoms with Gasteiger partial charge in [0, 0.05) is 5.39 Å². The number of nitrogens with one attached hydrogen (secondary N) is 1. The van der Waals surface area contributed by atoms with Gasteiger partial charge in [-0.1, -0.05) is 17.3 Å². The molecule has 0 radical (unpaired) electrons. The molecule has 0 bridgehead atoms. The van der Waals surface area contributed by atoms with E-state index in [4.69, 9.17) is 13.7 Å². The highest BCUT2D eigenvalue weighted by molar-refractivity contribution is 5.85.